The molecule has 1 unspecified atom stereocenters. The van der Waals surface area contributed by atoms with Crippen LogP contribution in [0.1, 0.15) is 12.5 Å². The van der Waals surface area contributed by atoms with Crippen LogP contribution < -0.4 is 15.0 Å². The lowest BCUT2D eigenvalue weighted by atomic mass is 10.1. The third kappa shape index (κ3) is 3.18. The van der Waals surface area contributed by atoms with Crippen LogP contribution in [0.3, 0.4) is 0 Å². The number of likely N-dealkylation sites (N-methyl/N-ethyl adjacent to an activating group) is 1. The van der Waals surface area contributed by atoms with Gasteiger partial charge >= 0.3 is 0 Å². The second-order valence-electron chi connectivity index (χ2n) is 5.55. The van der Waals surface area contributed by atoms with Gasteiger partial charge in [0.25, 0.3) is 5.91 Å². The summed E-state index contributed by atoms with van der Waals surface area (Å²) in [7, 11) is 1.72. The Morgan fingerprint density at radius 1 is 1.22 bits per heavy atom. The molecule has 0 saturated heterocycles. The predicted molar refractivity (Wildman–Crippen MR) is 88.7 cm³/mol. The zero-order chi connectivity index (χ0) is 16.4. The number of hydrogen-bond acceptors (Lipinski definition) is 3. The highest BCUT2D eigenvalue weighted by molar-refractivity contribution is 6.00. The summed E-state index contributed by atoms with van der Waals surface area (Å²) in [6.07, 6.45) is -0.212. The summed E-state index contributed by atoms with van der Waals surface area (Å²) in [5, 5.41) is 2.86. The number of nitrogens with zero attached hydrogens (tertiary/aromatic N) is 1. The molecular weight excluding hydrogens is 292 g/mol. The van der Waals surface area contributed by atoms with Gasteiger partial charge in [-0.3, -0.25) is 9.59 Å². The standard InChI is InChI=1S/C18H18N2O3/c1-12-18(22)20(2)15-9-8-14(11-16(15)23-12)19-17(21)10-13-6-4-3-5-7-13/h3-9,11-12H,10H2,1-2H3,(H,19,21). The maximum Gasteiger partial charge on any atom is 0.267 e. The quantitative estimate of drug-likeness (QED) is 0.948. The number of amides is 2. The highest BCUT2D eigenvalue weighted by atomic mass is 16.5. The van der Waals surface area contributed by atoms with E-state index in [1.807, 2.05) is 30.3 Å². The van der Waals surface area contributed by atoms with Crippen molar-refractivity contribution in [3.63, 3.8) is 0 Å². The Balaban J connectivity index is 1.74. The van der Waals surface area contributed by atoms with Gasteiger partial charge in [-0.05, 0) is 24.6 Å². The molecule has 1 aliphatic heterocycles. The molecular formula is C18H18N2O3. The highest BCUT2D eigenvalue weighted by Crippen LogP contribution is 2.35. The average molecular weight is 310 g/mol. The molecule has 0 spiro atoms. The van der Waals surface area contributed by atoms with Gasteiger partial charge in [0.05, 0.1) is 12.1 Å². The fourth-order valence-electron chi connectivity index (χ4n) is 2.58. The second kappa shape index (κ2) is 6.12. The van der Waals surface area contributed by atoms with Gasteiger partial charge in [-0.25, -0.2) is 0 Å². The van der Waals surface area contributed by atoms with Crippen LogP contribution in [0.4, 0.5) is 11.4 Å². The first-order chi connectivity index (χ1) is 11.0. The summed E-state index contributed by atoms with van der Waals surface area (Å²) in [5.41, 5.74) is 2.31. The van der Waals surface area contributed by atoms with Gasteiger partial charge in [-0.15, -0.1) is 0 Å². The van der Waals surface area contributed by atoms with Gasteiger partial charge < -0.3 is 15.0 Å². The summed E-state index contributed by atoms with van der Waals surface area (Å²) in [6, 6.07) is 14.9. The number of benzene rings is 2. The largest absolute Gasteiger partial charge is 0.479 e. The molecule has 23 heavy (non-hydrogen) atoms. The van der Waals surface area contributed by atoms with Crippen molar-refractivity contribution in [1.29, 1.82) is 0 Å². The third-order valence-electron chi connectivity index (χ3n) is 3.79. The SMILES string of the molecule is CC1Oc2cc(NC(=O)Cc3ccccc3)ccc2N(C)C1=O. The molecule has 2 aromatic carbocycles. The molecule has 1 aliphatic rings. The average Bonchev–Trinajstić information content (AvgIpc) is 2.53. The lowest BCUT2D eigenvalue weighted by Gasteiger charge is -2.30. The molecule has 2 aromatic rings. The predicted octanol–water partition coefficient (Wildman–Crippen LogP) is 2.61. The van der Waals surface area contributed by atoms with Crippen molar-refractivity contribution in [3.8, 4) is 5.75 Å². The van der Waals surface area contributed by atoms with E-state index in [0.29, 0.717) is 23.5 Å². The van der Waals surface area contributed by atoms with E-state index in [4.69, 9.17) is 4.74 Å². The number of rotatable bonds is 3. The van der Waals surface area contributed by atoms with Crippen LogP contribution in [0.15, 0.2) is 48.5 Å². The number of anilines is 2. The van der Waals surface area contributed by atoms with E-state index in [2.05, 4.69) is 5.32 Å². The third-order valence-corrected chi connectivity index (χ3v) is 3.79. The van der Waals surface area contributed by atoms with Crippen LogP contribution in [-0.4, -0.2) is 25.0 Å². The molecule has 0 saturated carbocycles. The summed E-state index contributed by atoms with van der Waals surface area (Å²) in [6.45, 7) is 1.71. The van der Waals surface area contributed by atoms with Gasteiger partial charge in [-0.1, -0.05) is 30.3 Å². The van der Waals surface area contributed by atoms with E-state index >= 15 is 0 Å². The lowest BCUT2D eigenvalue weighted by molar-refractivity contribution is -0.125. The van der Waals surface area contributed by atoms with E-state index < -0.39 is 6.10 Å². The van der Waals surface area contributed by atoms with Crippen LogP contribution >= 0.6 is 0 Å². The molecule has 2 amide bonds. The second-order valence-corrected chi connectivity index (χ2v) is 5.55. The van der Waals surface area contributed by atoms with Crippen molar-refractivity contribution in [1.82, 2.24) is 0 Å². The van der Waals surface area contributed by atoms with E-state index in [9.17, 15) is 9.59 Å². The summed E-state index contributed by atoms with van der Waals surface area (Å²) < 4.78 is 5.61. The zero-order valence-electron chi connectivity index (χ0n) is 13.1. The molecule has 1 atom stereocenters. The molecule has 1 heterocycles. The first-order valence-corrected chi connectivity index (χ1v) is 7.46. The molecule has 5 nitrogen and oxygen atoms in total. The molecule has 5 heteroatoms. The van der Waals surface area contributed by atoms with E-state index in [1.165, 1.54) is 0 Å². The fourth-order valence-corrected chi connectivity index (χ4v) is 2.58. The normalized spacial score (nSPS) is 16.5. The molecule has 3 rings (SSSR count). The van der Waals surface area contributed by atoms with E-state index in [1.54, 1.807) is 37.1 Å². The molecule has 0 bridgehead atoms. The van der Waals surface area contributed by atoms with Crippen molar-refractivity contribution < 1.29 is 14.3 Å². The highest BCUT2D eigenvalue weighted by Gasteiger charge is 2.28. The van der Waals surface area contributed by atoms with Crippen molar-refractivity contribution in [2.24, 2.45) is 0 Å². The minimum absolute atomic E-state index is 0.0848. The first kappa shape index (κ1) is 15.1. The minimum Gasteiger partial charge on any atom is -0.479 e. The number of ether oxygens (including phenoxy) is 1. The number of nitrogens with one attached hydrogen (secondary N) is 1. The smallest absolute Gasteiger partial charge is 0.267 e. The van der Waals surface area contributed by atoms with Gasteiger partial charge in [0.1, 0.15) is 5.75 Å². The van der Waals surface area contributed by atoms with Gasteiger partial charge in [0, 0.05) is 18.8 Å². The molecule has 0 aliphatic carbocycles. The van der Waals surface area contributed by atoms with Crippen LogP contribution in [0.25, 0.3) is 0 Å². The Hall–Kier alpha value is -2.82. The van der Waals surface area contributed by atoms with Crippen LogP contribution in [0.2, 0.25) is 0 Å². The fraction of sp³-hybridized carbons (Fsp3) is 0.222. The van der Waals surface area contributed by atoms with Crippen molar-refractivity contribution in [2.75, 3.05) is 17.3 Å². The number of hydrogen-bond donors (Lipinski definition) is 1. The number of fused-ring (bicyclic) bond motifs is 1. The van der Waals surface area contributed by atoms with Crippen LogP contribution in [-0.2, 0) is 16.0 Å². The molecule has 0 fully saturated rings. The zero-order valence-corrected chi connectivity index (χ0v) is 13.1. The van der Waals surface area contributed by atoms with Crippen LogP contribution in [0.5, 0.6) is 5.75 Å². The van der Waals surface area contributed by atoms with Crippen LogP contribution in [0, 0.1) is 0 Å². The Kier molecular flexibility index (Phi) is 4.02. The monoisotopic (exact) mass is 310 g/mol. The lowest BCUT2D eigenvalue weighted by Crippen LogP contribution is -2.41. The Bertz CT molecular complexity index is 743. The van der Waals surface area contributed by atoms with E-state index in [0.717, 1.165) is 5.56 Å². The Labute approximate surface area is 134 Å². The molecule has 1 N–H and O–H groups in total. The Morgan fingerprint density at radius 3 is 2.70 bits per heavy atom. The summed E-state index contributed by atoms with van der Waals surface area (Å²) in [5.74, 6) is 0.417. The molecule has 0 radical (unpaired) electrons. The summed E-state index contributed by atoms with van der Waals surface area (Å²) >= 11 is 0. The van der Waals surface area contributed by atoms with Gasteiger partial charge in [-0.2, -0.15) is 0 Å². The topological polar surface area (TPSA) is 58.6 Å². The van der Waals surface area contributed by atoms with Crippen molar-refractivity contribution in [3.05, 3.63) is 54.1 Å². The molecule has 0 aromatic heterocycles. The Morgan fingerprint density at radius 2 is 1.96 bits per heavy atom. The van der Waals surface area contributed by atoms with Gasteiger partial charge in [0.15, 0.2) is 6.10 Å². The first-order valence-electron chi connectivity index (χ1n) is 7.46. The summed E-state index contributed by atoms with van der Waals surface area (Å²) in [4.78, 5) is 25.6. The number of carbonyl (C=O) groups is 2. The molecule has 118 valence electrons. The maximum atomic E-state index is 12.1. The van der Waals surface area contributed by atoms with Gasteiger partial charge in [0.2, 0.25) is 5.91 Å². The minimum atomic E-state index is -0.525. The maximum absolute atomic E-state index is 12.1. The van der Waals surface area contributed by atoms with Crippen molar-refractivity contribution >= 4 is 23.2 Å². The number of carbonyl (C=O) groups excluding carboxylic acids is 2. The van der Waals surface area contributed by atoms with E-state index in [-0.39, 0.29) is 11.8 Å². The van der Waals surface area contributed by atoms with Crippen molar-refractivity contribution in [2.45, 2.75) is 19.4 Å².